The molecule has 1 heterocycles. The van der Waals surface area contributed by atoms with Crippen LogP contribution in [-0.2, 0) is 16.0 Å². The van der Waals surface area contributed by atoms with Gasteiger partial charge in [0.25, 0.3) is 0 Å². The number of hydrogen-bond acceptors (Lipinski definition) is 3. The summed E-state index contributed by atoms with van der Waals surface area (Å²) in [5.41, 5.74) is 0.886. The Hall–Kier alpha value is -1.00. The number of thiol groups is 1. The molecule has 1 aliphatic rings. The molecule has 1 aliphatic heterocycles. The third-order valence-corrected chi connectivity index (χ3v) is 3.70. The van der Waals surface area contributed by atoms with Crippen LogP contribution in [-0.4, -0.2) is 41.4 Å². The largest absolute Gasteiger partial charge is 0.372 e. The quantitative estimate of drug-likeness (QED) is 0.859. The number of morpholine rings is 1. The first-order valence-electron chi connectivity index (χ1n) is 6.63. The Kier molecular flexibility index (Phi) is 4.53. The summed E-state index contributed by atoms with van der Waals surface area (Å²) in [5.74, 6) is 0.101. The van der Waals surface area contributed by atoms with Crippen molar-refractivity contribution in [2.24, 2.45) is 0 Å². The summed E-state index contributed by atoms with van der Waals surface area (Å²) in [6, 6.07) is 10.00. The van der Waals surface area contributed by atoms with Gasteiger partial charge in [0.05, 0.1) is 17.5 Å². The van der Waals surface area contributed by atoms with Crippen LogP contribution in [0, 0.1) is 0 Å². The van der Waals surface area contributed by atoms with E-state index in [0.717, 1.165) is 5.56 Å². The van der Waals surface area contributed by atoms with E-state index in [2.05, 4.69) is 12.6 Å². The van der Waals surface area contributed by atoms with Crippen LogP contribution >= 0.6 is 12.6 Å². The molecular formula is C15H21NO2S. The lowest BCUT2D eigenvalue weighted by atomic mass is 10.1. The smallest absolute Gasteiger partial charge is 0.235 e. The first-order valence-corrected chi connectivity index (χ1v) is 7.14. The molecule has 1 unspecified atom stereocenters. The molecule has 0 radical (unpaired) electrons. The van der Waals surface area contributed by atoms with Crippen LogP contribution < -0.4 is 0 Å². The minimum atomic E-state index is -0.281. The molecule has 0 spiro atoms. The Bertz CT molecular complexity index is 433. The van der Waals surface area contributed by atoms with Gasteiger partial charge in [-0.15, -0.1) is 0 Å². The molecule has 3 nitrogen and oxygen atoms in total. The third kappa shape index (κ3) is 3.98. The number of carbonyl (C=O) groups is 1. The highest BCUT2D eigenvalue weighted by Gasteiger charge is 2.32. The van der Waals surface area contributed by atoms with Gasteiger partial charge in [-0.3, -0.25) is 4.79 Å². The summed E-state index contributed by atoms with van der Waals surface area (Å²) >= 11 is 4.47. The number of nitrogens with zero attached hydrogens (tertiary/aromatic N) is 1. The monoisotopic (exact) mass is 279 g/mol. The van der Waals surface area contributed by atoms with Gasteiger partial charge in [0, 0.05) is 13.1 Å². The molecule has 1 fully saturated rings. The normalized spacial score (nSPS) is 20.1. The van der Waals surface area contributed by atoms with Crippen molar-refractivity contribution >= 4 is 18.5 Å². The van der Waals surface area contributed by atoms with Gasteiger partial charge in [-0.2, -0.15) is 12.6 Å². The van der Waals surface area contributed by atoms with Gasteiger partial charge in [0.2, 0.25) is 5.91 Å². The Morgan fingerprint density at radius 1 is 1.42 bits per heavy atom. The molecule has 0 aliphatic carbocycles. The molecule has 0 aromatic heterocycles. The van der Waals surface area contributed by atoms with E-state index < -0.39 is 0 Å². The summed E-state index contributed by atoms with van der Waals surface area (Å²) in [4.78, 5) is 14.2. The second-order valence-corrected chi connectivity index (χ2v) is 6.20. The van der Waals surface area contributed by atoms with Crippen LogP contribution in [0.4, 0.5) is 0 Å². The fraction of sp³-hybridized carbons (Fsp3) is 0.533. The molecule has 2 rings (SSSR count). The number of carbonyl (C=O) groups excluding carboxylic acids is 1. The van der Waals surface area contributed by atoms with Gasteiger partial charge in [-0.25, -0.2) is 0 Å². The van der Waals surface area contributed by atoms with Gasteiger partial charge < -0.3 is 9.64 Å². The maximum absolute atomic E-state index is 12.4. The van der Waals surface area contributed by atoms with E-state index in [-0.39, 0.29) is 16.8 Å². The van der Waals surface area contributed by atoms with Gasteiger partial charge >= 0.3 is 0 Å². The zero-order valence-electron chi connectivity index (χ0n) is 11.5. The van der Waals surface area contributed by atoms with Crippen molar-refractivity contribution in [3.63, 3.8) is 0 Å². The molecule has 0 bridgehead atoms. The lowest BCUT2D eigenvalue weighted by Gasteiger charge is -2.39. The van der Waals surface area contributed by atoms with Crippen LogP contribution in [0.15, 0.2) is 30.3 Å². The molecule has 1 amide bonds. The maximum Gasteiger partial charge on any atom is 0.235 e. The molecule has 1 aromatic carbocycles. The molecule has 0 saturated carbocycles. The number of benzene rings is 1. The average molecular weight is 279 g/mol. The summed E-state index contributed by atoms with van der Waals surface area (Å²) in [7, 11) is 0. The van der Waals surface area contributed by atoms with Crippen LogP contribution in [0.5, 0.6) is 0 Å². The van der Waals surface area contributed by atoms with Crippen molar-refractivity contribution in [2.75, 3.05) is 19.7 Å². The van der Waals surface area contributed by atoms with E-state index >= 15 is 0 Å². The minimum absolute atomic E-state index is 0.101. The van der Waals surface area contributed by atoms with Gasteiger partial charge in [-0.1, -0.05) is 30.3 Å². The Balaban J connectivity index is 1.95. The van der Waals surface area contributed by atoms with Crippen LogP contribution in [0.25, 0.3) is 0 Å². The van der Waals surface area contributed by atoms with Gasteiger partial charge in [-0.05, 0) is 25.8 Å². The predicted octanol–water partition coefficient (Wildman–Crippen LogP) is 2.16. The lowest BCUT2D eigenvalue weighted by Crippen LogP contribution is -2.52. The zero-order valence-corrected chi connectivity index (χ0v) is 12.4. The Morgan fingerprint density at radius 3 is 2.74 bits per heavy atom. The number of ether oxygens (including phenoxy) is 1. The van der Waals surface area contributed by atoms with Crippen molar-refractivity contribution < 1.29 is 9.53 Å². The first kappa shape index (κ1) is 14.4. The lowest BCUT2D eigenvalue weighted by molar-refractivity contribution is -0.145. The molecule has 4 heteroatoms. The Labute approximate surface area is 120 Å². The summed E-state index contributed by atoms with van der Waals surface area (Å²) in [5, 5.41) is -0.281. The zero-order chi connectivity index (χ0) is 13.9. The SMILES string of the molecule is CC1(C)CN(C(=O)C(S)Cc2ccccc2)CCO1. The number of amides is 1. The molecule has 1 aromatic rings. The van der Waals surface area contributed by atoms with Crippen molar-refractivity contribution in [1.29, 1.82) is 0 Å². The summed E-state index contributed by atoms with van der Waals surface area (Å²) in [6.45, 7) is 5.92. The van der Waals surface area contributed by atoms with Crippen molar-refractivity contribution in [2.45, 2.75) is 31.1 Å². The highest BCUT2D eigenvalue weighted by atomic mass is 32.1. The number of rotatable bonds is 3. The van der Waals surface area contributed by atoms with Crippen molar-refractivity contribution in [3.8, 4) is 0 Å². The molecule has 104 valence electrons. The van der Waals surface area contributed by atoms with Crippen LogP contribution in [0.2, 0.25) is 0 Å². The van der Waals surface area contributed by atoms with E-state index in [9.17, 15) is 4.79 Å². The Morgan fingerprint density at radius 2 is 2.11 bits per heavy atom. The first-order chi connectivity index (χ1) is 8.98. The second-order valence-electron chi connectivity index (χ2n) is 5.57. The van der Waals surface area contributed by atoms with Gasteiger partial charge in [0.15, 0.2) is 0 Å². The van der Waals surface area contributed by atoms with Crippen LogP contribution in [0.1, 0.15) is 19.4 Å². The standard InChI is InChI=1S/C15H21NO2S/c1-15(2)11-16(8-9-18-15)14(17)13(19)10-12-6-4-3-5-7-12/h3-7,13,19H,8-11H2,1-2H3. The van der Waals surface area contributed by atoms with E-state index in [1.165, 1.54) is 0 Å². The molecule has 1 atom stereocenters. The fourth-order valence-electron chi connectivity index (χ4n) is 2.34. The van der Waals surface area contributed by atoms with Crippen LogP contribution in [0.3, 0.4) is 0 Å². The topological polar surface area (TPSA) is 29.5 Å². The predicted molar refractivity (Wildman–Crippen MR) is 79.5 cm³/mol. The highest BCUT2D eigenvalue weighted by molar-refractivity contribution is 7.81. The highest BCUT2D eigenvalue weighted by Crippen LogP contribution is 2.19. The van der Waals surface area contributed by atoms with E-state index in [1.807, 2.05) is 49.1 Å². The molecular weight excluding hydrogens is 258 g/mol. The minimum Gasteiger partial charge on any atom is -0.372 e. The fourth-order valence-corrected chi connectivity index (χ4v) is 2.71. The number of hydrogen-bond donors (Lipinski definition) is 1. The molecule has 0 N–H and O–H groups in total. The van der Waals surface area contributed by atoms with E-state index in [1.54, 1.807) is 0 Å². The second kappa shape index (κ2) is 5.97. The maximum atomic E-state index is 12.4. The summed E-state index contributed by atoms with van der Waals surface area (Å²) < 4.78 is 5.62. The average Bonchev–Trinajstić information content (AvgIpc) is 2.38. The molecule has 19 heavy (non-hydrogen) atoms. The van der Waals surface area contributed by atoms with Crippen molar-refractivity contribution in [1.82, 2.24) is 4.90 Å². The van der Waals surface area contributed by atoms with Crippen molar-refractivity contribution in [3.05, 3.63) is 35.9 Å². The van der Waals surface area contributed by atoms with E-state index in [0.29, 0.717) is 26.1 Å². The van der Waals surface area contributed by atoms with Gasteiger partial charge in [0.1, 0.15) is 0 Å². The molecule has 1 saturated heterocycles. The van der Waals surface area contributed by atoms with E-state index in [4.69, 9.17) is 4.74 Å². The summed E-state index contributed by atoms with van der Waals surface area (Å²) in [6.07, 6.45) is 0.667. The third-order valence-electron chi connectivity index (χ3n) is 3.29.